The fourth-order valence-electron chi connectivity index (χ4n) is 8.57. The Morgan fingerprint density at radius 2 is 0.912 bits per heavy atom. The van der Waals surface area contributed by atoms with Crippen molar-refractivity contribution in [2.45, 2.75) is 0 Å². The van der Waals surface area contributed by atoms with Crippen molar-refractivity contribution in [1.29, 1.82) is 0 Å². The fraction of sp³-hybridized carbons (Fsp3) is 0. The van der Waals surface area contributed by atoms with Crippen LogP contribution in [0.3, 0.4) is 0 Å². The first-order chi connectivity index (χ1) is 28.3. The molecule has 4 aromatic heterocycles. The first-order valence-corrected chi connectivity index (χ1v) is 19.0. The van der Waals surface area contributed by atoms with E-state index in [-0.39, 0.29) is 0 Å². The second-order valence-corrected chi connectivity index (χ2v) is 14.3. The first-order valence-electron chi connectivity index (χ1n) is 19.0. The third-order valence-corrected chi connectivity index (χ3v) is 11.1. The number of nitrogens with zero attached hydrogens (tertiary/aromatic N) is 4. The summed E-state index contributed by atoms with van der Waals surface area (Å²) in [7, 11) is 0. The van der Waals surface area contributed by atoms with Gasteiger partial charge < -0.3 is 8.83 Å². The van der Waals surface area contributed by atoms with E-state index in [0.29, 0.717) is 17.6 Å². The normalized spacial score (nSPS) is 11.9. The molecule has 12 rings (SSSR count). The van der Waals surface area contributed by atoms with Gasteiger partial charge in [-0.3, -0.25) is 4.57 Å². The van der Waals surface area contributed by atoms with Crippen LogP contribution in [0.1, 0.15) is 0 Å². The zero-order valence-corrected chi connectivity index (χ0v) is 30.4. The minimum absolute atomic E-state index is 0.525. The van der Waals surface area contributed by atoms with Crippen LogP contribution >= 0.6 is 0 Å². The molecule has 4 heterocycles. The van der Waals surface area contributed by atoms with E-state index < -0.39 is 0 Å². The van der Waals surface area contributed by atoms with E-state index >= 15 is 0 Å². The van der Waals surface area contributed by atoms with Crippen LogP contribution in [0.4, 0.5) is 0 Å². The lowest BCUT2D eigenvalue weighted by atomic mass is 9.97. The molecule has 0 saturated carbocycles. The van der Waals surface area contributed by atoms with Crippen molar-refractivity contribution in [2.24, 2.45) is 0 Å². The van der Waals surface area contributed by atoms with E-state index in [2.05, 4.69) is 132 Å². The predicted octanol–water partition coefficient (Wildman–Crippen LogP) is 13.4. The smallest absolute Gasteiger partial charge is 0.238 e. The van der Waals surface area contributed by atoms with E-state index in [1.54, 1.807) is 0 Å². The van der Waals surface area contributed by atoms with E-state index in [4.69, 9.17) is 23.8 Å². The lowest BCUT2D eigenvalue weighted by Crippen LogP contribution is -2.06. The van der Waals surface area contributed by atoms with Crippen LogP contribution < -0.4 is 0 Å². The maximum Gasteiger partial charge on any atom is 0.238 e. The Morgan fingerprint density at radius 3 is 1.63 bits per heavy atom. The van der Waals surface area contributed by atoms with Gasteiger partial charge >= 0.3 is 0 Å². The van der Waals surface area contributed by atoms with Gasteiger partial charge in [-0.2, -0.15) is 9.97 Å². The quantitative estimate of drug-likeness (QED) is 0.176. The number of hydrogen-bond donors (Lipinski definition) is 0. The minimum Gasteiger partial charge on any atom is -0.456 e. The minimum atomic E-state index is 0.525. The number of para-hydroxylation sites is 1. The van der Waals surface area contributed by atoms with Crippen LogP contribution in [-0.4, -0.2) is 19.5 Å². The summed E-state index contributed by atoms with van der Waals surface area (Å²) in [6.07, 6.45) is 0. The fourth-order valence-corrected chi connectivity index (χ4v) is 8.57. The van der Waals surface area contributed by atoms with Gasteiger partial charge in [0.05, 0.1) is 11.0 Å². The Balaban J connectivity index is 1.12. The number of rotatable bonds is 5. The molecule has 0 unspecified atom stereocenters. The van der Waals surface area contributed by atoms with Gasteiger partial charge in [-0.25, -0.2) is 4.98 Å². The van der Waals surface area contributed by atoms with Crippen LogP contribution in [0.15, 0.2) is 191 Å². The number of aromatic nitrogens is 4. The molecule has 6 heteroatoms. The van der Waals surface area contributed by atoms with Crippen molar-refractivity contribution in [3.8, 4) is 51.0 Å². The summed E-state index contributed by atoms with van der Waals surface area (Å²) >= 11 is 0. The molecule has 0 fully saturated rings. The molecule has 0 radical (unpaired) electrons. The van der Waals surface area contributed by atoms with Gasteiger partial charge in [0.15, 0.2) is 11.6 Å². The molecule has 0 amide bonds. The molecule has 0 aliphatic carbocycles. The molecule has 12 aromatic rings. The molecular formula is C51H30N4O2. The van der Waals surface area contributed by atoms with Crippen LogP contribution in [0, 0.1) is 0 Å². The molecule has 0 aliphatic heterocycles. The lowest BCUT2D eigenvalue weighted by Gasteiger charge is -2.11. The Morgan fingerprint density at radius 1 is 0.333 bits per heavy atom. The van der Waals surface area contributed by atoms with Gasteiger partial charge in [0.25, 0.3) is 0 Å². The molecule has 0 saturated heterocycles. The zero-order chi connectivity index (χ0) is 37.5. The predicted molar refractivity (Wildman–Crippen MR) is 230 cm³/mol. The number of furan rings is 2. The Bertz CT molecular complexity index is 3510. The molecule has 0 bridgehead atoms. The van der Waals surface area contributed by atoms with E-state index in [0.717, 1.165) is 99.1 Å². The van der Waals surface area contributed by atoms with Crippen molar-refractivity contribution in [3.05, 3.63) is 182 Å². The Hall–Kier alpha value is -7.83. The highest BCUT2D eigenvalue weighted by molar-refractivity contribution is 6.29. The van der Waals surface area contributed by atoms with Crippen LogP contribution in [0.25, 0.3) is 117 Å². The third kappa shape index (κ3) is 4.87. The van der Waals surface area contributed by atoms with Crippen LogP contribution in [0.2, 0.25) is 0 Å². The molecule has 0 spiro atoms. The van der Waals surface area contributed by atoms with Crippen molar-refractivity contribution in [3.63, 3.8) is 0 Å². The van der Waals surface area contributed by atoms with Gasteiger partial charge in [0.1, 0.15) is 22.3 Å². The van der Waals surface area contributed by atoms with E-state index in [9.17, 15) is 0 Å². The van der Waals surface area contributed by atoms with Crippen molar-refractivity contribution in [1.82, 2.24) is 19.5 Å². The van der Waals surface area contributed by atoms with Gasteiger partial charge in [-0.15, -0.1) is 0 Å². The Kier molecular flexibility index (Phi) is 6.83. The number of benzene rings is 8. The maximum atomic E-state index is 6.57. The lowest BCUT2D eigenvalue weighted by molar-refractivity contribution is 0.669. The first kappa shape index (κ1) is 31.5. The second-order valence-electron chi connectivity index (χ2n) is 14.3. The molecular weight excluding hydrogens is 701 g/mol. The largest absolute Gasteiger partial charge is 0.456 e. The average Bonchev–Trinajstić information content (AvgIpc) is 3.96. The average molecular weight is 731 g/mol. The molecule has 8 aromatic carbocycles. The zero-order valence-electron chi connectivity index (χ0n) is 30.4. The topological polar surface area (TPSA) is 69.9 Å². The number of hydrogen-bond acceptors (Lipinski definition) is 5. The molecule has 6 nitrogen and oxygen atoms in total. The summed E-state index contributed by atoms with van der Waals surface area (Å²) < 4.78 is 15.3. The van der Waals surface area contributed by atoms with E-state index in [1.165, 1.54) is 0 Å². The molecule has 0 aliphatic rings. The standard InChI is InChI=1S/C51H30N4O2/c1-4-14-31(15-5-1)35-21-12-24-41-45(35)38-27-26-34(30-44(38)57-41)50-52-49(33-18-8-3-9-19-33)53-51(54-50)55-39-23-11-10-20-37(39)46-40(55)28-29-43-48(46)47-36(22-13-25-42(47)56-43)32-16-6-2-7-17-32/h1-30H. The summed E-state index contributed by atoms with van der Waals surface area (Å²) in [5.74, 6) is 1.66. The molecule has 57 heavy (non-hydrogen) atoms. The van der Waals surface area contributed by atoms with Gasteiger partial charge in [-0.05, 0) is 64.7 Å². The van der Waals surface area contributed by atoms with Gasteiger partial charge in [-0.1, -0.05) is 140 Å². The SMILES string of the molecule is c1ccc(-c2nc(-c3ccc4c(c3)oc3cccc(-c5ccccc5)c34)nc(-n3c4ccccc4c4c5c(ccc43)oc3cccc(-c4ccccc4)c35)n2)cc1. The Labute approximate surface area is 325 Å². The third-order valence-electron chi connectivity index (χ3n) is 11.1. The molecule has 0 atom stereocenters. The molecule has 266 valence electrons. The number of fused-ring (bicyclic) bond motifs is 10. The second kappa shape index (κ2) is 12.3. The van der Waals surface area contributed by atoms with Crippen molar-refractivity contribution in [2.75, 3.05) is 0 Å². The van der Waals surface area contributed by atoms with E-state index in [1.807, 2.05) is 54.6 Å². The summed E-state index contributed by atoms with van der Waals surface area (Å²) in [5.41, 5.74) is 11.5. The monoisotopic (exact) mass is 730 g/mol. The highest BCUT2D eigenvalue weighted by Gasteiger charge is 2.23. The summed E-state index contributed by atoms with van der Waals surface area (Å²) in [6.45, 7) is 0. The maximum absolute atomic E-state index is 6.57. The highest BCUT2D eigenvalue weighted by atomic mass is 16.3. The molecule has 0 N–H and O–H groups in total. The van der Waals surface area contributed by atoms with Gasteiger partial charge in [0.2, 0.25) is 5.95 Å². The summed E-state index contributed by atoms with van der Waals surface area (Å²) in [6, 6.07) is 62.5. The van der Waals surface area contributed by atoms with Crippen LogP contribution in [-0.2, 0) is 0 Å². The highest BCUT2D eigenvalue weighted by Crippen LogP contribution is 2.44. The summed E-state index contributed by atoms with van der Waals surface area (Å²) in [5, 5.41) is 6.46. The van der Waals surface area contributed by atoms with Crippen molar-refractivity contribution < 1.29 is 8.83 Å². The van der Waals surface area contributed by atoms with Gasteiger partial charge in [0, 0.05) is 43.4 Å². The summed E-state index contributed by atoms with van der Waals surface area (Å²) in [4.78, 5) is 15.6. The van der Waals surface area contributed by atoms with Crippen molar-refractivity contribution >= 4 is 65.7 Å². The van der Waals surface area contributed by atoms with Crippen LogP contribution in [0.5, 0.6) is 0 Å².